The van der Waals surface area contributed by atoms with Gasteiger partial charge in [-0.3, -0.25) is 4.79 Å². The second kappa shape index (κ2) is 7.85. The molecule has 0 aliphatic rings. The first-order valence-electron chi connectivity index (χ1n) is 6.96. The van der Waals surface area contributed by atoms with Crippen molar-refractivity contribution in [2.45, 2.75) is 45.8 Å². The van der Waals surface area contributed by atoms with Crippen molar-refractivity contribution in [2.75, 3.05) is 0 Å². The predicted octanol–water partition coefficient (Wildman–Crippen LogP) is 3.47. The third-order valence-electron chi connectivity index (χ3n) is 3.31. The molecular formula is C17H24O3. The molecule has 1 aromatic rings. The van der Waals surface area contributed by atoms with Gasteiger partial charge in [0.05, 0.1) is 11.5 Å². The molecule has 1 aromatic carbocycles. The molecule has 3 nitrogen and oxygen atoms in total. The van der Waals surface area contributed by atoms with E-state index in [1.807, 2.05) is 44.2 Å². The van der Waals surface area contributed by atoms with Crippen LogP contribution in [0.25, 0.3) is 0 Å². The minimum Gasteiger partial charge on any atom is -0.460 e. The van der Waals surface area contributed by atoms with E-state index >= 15 is 0 Å². The maximum absolute atomic E-state index is 12.1. The van der Waals surface area contributed by atoms with Crippen LogP contribution in [0.2, 0.25) is 0 Å². The second-order valence-corrected chi connectivity index (χ2v) is 5.66. The summed E-state index contributed by atoms with van der Waals surface area (Å²) >= 11 is 0. The molecular weight excluding hydrogens is 252 g/mol. The highest BCUT2D eigenvalue weighted by Gasteiger charge is 2.29. The Morgan fingerprint density at radius 3 is 2.65 bits per heavy atom. The highest BCUT2D eigenvalue weighted by molar-refractivity contribution is 5.75. The molecule has 1 N–H and O–H groups in total. The van der Waals surface area contributed by atoms with Gasteiger partial charge >= 0.3 is 5.97 Å². The van der Waals surface area contributed by atoms with Crippen LogP contribution in [0.1, 0.15) is 38.7 Å². The van der Waals surface area contributed by atoms with Gasteiger partial charge in [0.2, 0.25) is 0 Å². The topological polar surface area (TPSA) is 46.5 Å². The van der Waals surface area contributed by atoms with Gasteiger partial charge in [0, 0.05) is 0 Å². The molecule has 0 saturated carbocycles. The van der Waals surface area contributed by atoms with E-state index in [4.69, 9.17) is 4.74 Å². The van der Waals surface area contributed by atoms with Gasteiger partial charge in [0.1, 0.15) is 6.61 Å². The molecule has 0 aliphatic carbocycles. The number of benzene rings is 1. The zero-order valence-electron chi connectivity index (χ0n) is 12.3. The van der Waals surface area contributed by atoms with Crippen molar-refractivity contribution in [3.8, 4) is 0 Å². The number of aliphatic hydroxyl groups excluding tert-OH is 1. The molecule has 3 heteroatoms. The van der Waals surface area contributed by atoms with Crippen molar-refractivity contribution in [2.24, 2.45) is 5.41 Å². The summed E-state index contributed by atoms with van der Waals surface area (Å²) in [6.07, 6.45) is 2.96. The van der Waals surface area contributed by atoms with E-state index in [0.717, 1.165) is 5.56 Å². The summed E-state index contributed by atoms with van der Waals surface area (Å²) in [4.78, 5) is 12.1. The van der Waals surface area contributed by atoms with Crippen LogP contribution in [0.5, 0.6) is 0 Å². The summed E-state index contributed by atoms with van der Waals surface area (Å²) in [7, 11) is 0. The predicted molar refractivity (Wildman–Crippen MR) is 80.1 cm³/mol. The standard InChI is InChI=1S/C17H24O3/c1-4-8-15(18)11-12-17(2,3)16(19)20-13-14-9-6-5-7-10-14/h4-7,9-10,15,18H,1,8,11-13H2,2-3H3/t15-/m0/s1. The van der Waals surface area contributed by atoms with E-state index < -0.39 is 11.5 Å². The monoisotopic (exact) mass is 276 g/mol. The number of carbonyl (C=O) groups is 1. The number of carbonyl (C=O) groups excluding carboxylic acids is 1. The summed E-state index contributed by atoms with van der Waals surface area (Å²) in [5.74, 6) is -0.229. The first-order valence-corrected chi connectivity index (χ1v) is 6.96. The fraction of sp³-hybridized carbons (Fsp3) is 0.471. The largest absolute Gasteiger partial charge is 0.460 e. The highest BCUT2D eigenvalue weighted by Crippen LogP contribution is 2.26. The average molecular weight is 276 g/mol. The van der Waals surface area contributed by atoms with Crippen LogP contribution in [0.15, 0.2) is 43.0 Å². The molecule has 0 radical (unpaired) electrons. The summed E-state index contributed by atoms with van der Waals surface area (Å²) < 4.78 is 5.34. The molecule has 20 heavy (non-hydrogen) atoms. The molecule has 0 bridgehead atoms. The lowest BCUT2D eigenvalue weighted by Crippen LogP contribution is -2.28. The summed E-state index contributed by atoms with van der Waals surface area (Å²) in [6.45, 7) is 7.58. The van der Waals surface area contributed by atoms with Crippen LogP contribution >= 0.6 is 0 Å². The third kappa shape index (κ3) is 5.57. The van der Waals surface area contributed by atoms with Crippen LogP contribution in [-0.4, -0.2) is 17.2 Å². The Morgan fingerprint density at radius 2 is 2.05 bits per heavy atom. The van der Waals surface area contributed by atoms with Gasteiger partial charge in [-0.25, -0.2) is 0 Å². The Bertz CT molecular complexity index is 423. The van der Waals surface area contributed by atoms with Gasteiger partial charge in [-0.05, 0) is 38.7 Å². The van der Waals surface area contributed by atoms with E-state index in [1.165, 1.54) is 0 Å². The fourth-order valence-corrected chi connectivity index (χ4v) is 1.86. The lowest BCUT2D eigenvalue weighted by molar-refractivity contribution is -0.156. The molecule has 0 aromatic heterocycles. The number of rotatable bonds is 8. The van der Waals surface area contributed by atoms with Gasteiger partial charge in [-0.15, -0.1) is 6.58 Å². The molecule has 0 aliphatic heterocycles. The number of esters is 1. The van der Waals surface area contributed by atoms with E-state index in [9.17, 15) is 9.90 Å². The van der Waals surface area contributed by atoms with Crippen molar-refractivity contribution in [3.63, 3.8) is 0 Å². The fourth-order valence-electron chi connectivity index (χ4n) is 1.86. The highest BCUT2D eigenvalue weighted by atomic mass is 16.5. The quantitative estimate of drug-likeness (QED) is 0.584. The average Bonchev–Trinajstić information content (AvgIpc) is 2.44. The molecule has 0 amide bonds. The Kier molecular flexibility index (Phi) is 6.46. The van der Waals surface area contributed by atoms with Crippen LogP contribution in [-0.2, 0) is 16.1 Å². The number of ether oxygens (including phenoxy) is 1. The zero-order valence-corrected chi connectivity index (χ0v) is 12.3. The van der Waals surface area contributed by atoms with Crippen LogP contribution in [0.4, 0.5) is 0 Å². The van der Waals surface area contributed by atoms with Crippen LogP contribution in [0, 0.1) is 5.41 Å². The minimum atomic E-state index is -0.586. The van der Waals surface area contributed by atoms with E-state index in [0.29, 0.717) is 19.3 Å². The Hall–Kier alpha value is -1.61. The summed E-state index contributed by atoms with van der Waals surface area (Å²) in [5.41, 5.74) is 0.389. The summed E-state index contributed by atoms with van der Waals surface area (Å²) in [6, 6.07) is 9.61. The van der Waals surface area contributed by atoms with Crippen molar-refractivity contribution >= 4 is 5.97 Å². The number of hydrogen-bond acceptors (Lipinski definition) is 3. The van der Waals surface area contributed by atoms with E-state index in [1.54, 1.807) is 6.08 Å². The summed E-state index contributed by atoms with van der Waals surface area (Å²) in [5, 5.41) is 9.68. The van der Waals surface area contributed by atoms with Crippen LogP contribution < -0.4 is 0 Å². The zero-order chi connectivity index (χ0) is 15.0. The number of hydrogen-bond donors (Lipinski definition) is 1. The van der Waals surface area contributed by atoms with Crippen LogP contribution in [0.3, 0.4) is 0 Å². The lowest BCUT2D eigenvalue weighted by atomic mass is 9.86. The van der Waals surface area contributed by atoms with Crippen molar-refractivity contribution in [1.82, 2.24) is 0 Å². The van der Waals surface area contributed by atoms with Gasteiger partial charge in [-0.1, -0.05) is 36.4 Å². The maximum Gasteiger partial charge on any atom is 0.311 e. The Labute approximate surface area is 121 Å². The Morgan fingerprint density at radius 1 is 1.40 bits per heavy atom. The first kappa shape index (κ1) is 16.4. The molecule has 0 fully saturated rings. The third-order valence-corrected chi connectivity index (χ3v) is 3.31. The molecule has 0 heterocycles. The molecule has 0 spiro atoms. The first-order chi connectivity index (χ1) is 9.45. The molecule has 1 atom stereocenters. The smallest absolute Gasteiger partial charge is 0.311 e. The maximum atomic E-state index is 12.1. The number of aliphatic hydroxyl groups is 1. The minimum absolute atomic E-state index is 0.229. The van der Waals surface area contributed by atoms with E-state index in [-0.39, 0.29) is 12.6 Å². The van der Waals surface area contributed by atoms with E-state index in [2.05, 4.69) is 6.58 Å². The normalized spacial score (nSPS) is 12.8. The molecule has 1 rings (SSSR count). The van der Waals surface area contributed by atoms with Crippen molar-refractivity contribution < 1.29 is 14.6 Å². The van der Waals surface area contributed by atoms with Gasteiger partial charge in [-0.2, -0.15) is 0 Å². The van der Waals surface area contributed by atoms with Gasteiger partial charge < -0.3 is 9.84 Å². The van der Waals surface area contributed by atoms with Gasteiger partial charge in [0.15, 0.2) is 0 Å². The lowest BCUT2D eigenvalue weighted by Gasteiger charge is -2.23. The van der Waals surface area contributed by atoms with Crippen molar-refractivity contribution in [1.29, 1.82) is 0 Å². The molecule has 0 saturated heterocycles. The van der Waals surface area contributed by atoms with Gasteiger partial charge in [0.25, 0.3) is 0 Å². The molecule has 110 valence electrons. The van der Waals surface area contributed by atoms with Crippen molar-refractivity contribution in [3.05, 3.63) is 48.6 Å². The Balaban J connectivity index is 2.42. The second-order valence-electron chi connectivity index (χ2n) is 5.66. The molecule has 0 unspecified atom stereocenters. The SMILES string of the molecule is C=CC[C@H](O)CCC(C)(C)C(=O)OCc1ccccc1.